The number of carbonyl (C=O) groups excluding carboxylic acids is 2. The maximum atomic E-state index is 12.6. The van der Waals surface area contributed by atoms with Gasteiger partial charge in [0.15, 0.2) is 5.69 Å². The number of carbonyl (C=O) groups is 2. The third kappa shape index (κ3) is 3.67. The van der Waals surface area contributed by atoms with E-state index in [0.717, 1.165) is 31.5 Å². The summed E-state index contributed by atoms with van der Waals surface area (Å²) < 4.78 is 5.64. The van der Waals surface area contributed by atoms with Crippen LogP contribution in [0, 0.1) is 6.92 Å². The van der Waals surface area contributed by atoms with Gasteiger partial charge in [-0.25, -0.2) is 4.98 Å². The van der Waals surface area contributed by atoms with Crippen molar-refractivity contribution in [2.75, 3.05) is 18.4 Å². The zero-order valence-electron chi connectivity index (χ0n) is 15.6. The zero-order valence-corrected chi connectivity index (χ0v) is 15.6. The van der Waals surface area contributed by atoms with Crippen LogP contribution in [0.1, 0.15) is 39.4 Å². The number of benzene rings is 2. The summed E-state index contributed by atoms with van der Waals surface area (Å²) in [5, 5.41) is 2.81. The van der Waals surface area contributed by atoms with Gasteiger partial charge in [0.1, 0.15) is 5.76 Å². The van der Waals surface area contributed by atoms with E-state index in [1.807, 2.05) is 35.2 Å². The van der Waals surface area contributed by atoms with Crippen molar-refractivity contribution in [1.29, 1.82) is 0 Å². The molecule has 1 N–H and O–H groups in total. The number of aryl methyl sites for hydroxylation is 1. The Morgan fingerprint density at radius 2 is 1.68 bits per heavy atom. The second-order valence-corrected chi connectivity index (χ2v) is 6.82. The highest BCUT2D eigenvalue weighted by Gasteiger charge is 2.20. The minimum absolute atomic E-state index is 0.0372. The minimum Gasteiger partial charge on any atom is -0.441 e. The van der Waals surface area contributed by atoms with E-state index < -0.39 is 0 Å². The molecule has 6 nitrogen and oxygen atoms in total. The summed E-state index contributed by atoms with van der Waals surface area (Å²) in [5.41, 5.74) is 2.29. The van der Waals surface area contributed by atoms with Gasteiger partial charge in [-0.15, -0.1) is 0 Å². The molecule has 0 atom stereocenters. The molecule has 1 saturated heterocycles. The first-order valence-electron chi connectivity index (χ1n) is 9.35. The Labute approximate surface area is 163 Å². The molecule has 6 heteroatoms. The molecule has 0 spiro atoms. The third-order valence-electron chi connectivity index (χ3n) is 4.82. The predicted octanol–water partition coefficient (Wildman–Crippen LogP) is 4.14. The Bertz CT molecular complexity index is 988. The van der Waals surface area contributed by atoms with Crippen LogP contribution in [-0.2, 0) is 0 Å². The Kier molecular flexibility index (Phi) is 4.93. The highest BCUT2D eigenvalue weighted by Crippen LogP contribution is 2.22. The van der Waals surface area contributed by atoms with Crippen molar-refractivity contribution in [1.82, 2.24) is 9.88 Å². The van der Waals surface area contributed by atoms with Gasteiger partial charge in [-0.3, -0.25) is 9.59 Å². The number of anilines is 1. The molecule has 0 radical (unpaired) electrons. The SMILES string of the molecule is Cc1oc(-c2ccccc2)nc1C(=O)Nc1ccc(C(=O)N2CCCC2)cc1. The van der Waals surface area contributed by atoms with Crippen LogP contribution in [0.4, 0.5) is 5.69 Å². The Morgan fingerprint density at radius 1 is 1.00 bits per heavy atom. The monoisotopic (exact) mass is 375 g/mol. The van der Waals surface area contributed by atoms with Crippen molar-refractivity contribution in [2.24, 2.45) is 0 Å². The predicted molar refractivity (Wildman–Crippen MR) is 106 cm³/mol. The Balaban J connectivity index is 1.46. The van der Waals surface area contributed by atoms with Crippen LogP contribution < -0.4 is 5.32 Å². The molecule has 4 rings (SSSR count). The van der Waals surface area contributed by atoms with Gasteiger partial charge in [-0.1, -0.05) is 18.2 Å². The van der Waals surface area contributed by atoms with Gasteiger partial charge in [0, 0.05) is 29.9 Å². The summed E-state index contributed by atoms with van der Waals surface area (Å²) in [6.07, 6.45) is 2.11. The van der Waals surface area contributed by atoms with E-state index in [9.17, 15) is 9.59 Å². The molecule has 1 aliphatic heterocycles. The standard InChI is InChI=1S/C22H21N3O3/c1-15-19(24-21(28-15)16-7-3-2-4-8-16)20(26)23-18-11-9-17(10-12-18)22(27)25-13-5-6-14-25/h2-4,7-12H,5-6,13-14H2,1H3,(H,23,26). The summed E-state index contributed by atoms with van der Waals surface area (Å²) in [6.45, 7) is 3.34. The summed E-state index contributed by atoms with van der Waals surface area (Å²) >= 11 is 0. The van der Waals surface area contributed by atoms with Gasteiger partial charge in [-0.05, 0) is 56.2 Å². The first-order valence-corrected chi connectivity index (χ1v) is 9.35. The van der Waals surface area contributed by atoms with Crippen LogP contribution in [0.5, 0.6) is 0 Å². The average molecular weight is 375 g/mol. The molecule has 1 aromatic heterocycles. The second kappa shape index (κ2) is 7.68. The minimum atomic E-state index is -0.345. The molecule has 3 aromatic rings. The van der Waals surface area contributed by atoms with Gasteiger partial charge in [0.2, 0.25) is 5.89 Å². The topological polar surface area (TPSA) is 75.4 Å². The average Bonchev–Trinajstić information content (AvgIpc) is 3.39. The lowest BCUT2D eigenvalue weighted by molar-refractivity contribution is 0.0792. The lowest BCUT2D eigenvalue weighted by Gasteiger charge is -2.15. The molecule has 2 aromatic carbocycles. The van der Waals surface area contributed by atoms with Crippen molar-refractivity contribution in [3.8, 4) is 11.5 Å². The number of aromatic nitrogens is 1. The van der Waals surface area contributed by atoms with E-state index in [4.69, 9.17) is 4.42 Å². The molecule has 0 aliphatic carbocycles. The van der Waals surface area contributed by atoms with Gasteiger partial charge in [0.05, 0.1) is 0 Å². The van der Waals surface area contributed by atoms with Crippen molar-refractivity contribution in [3.05, 3.63) is 71.6 Å². The highest BCUT2D eigenvalue weighted by molar-refractivity contribution is 6.04. The van der Waals surface area contributed by atoms with Crippen LogP contribution in [-0.4, -0.2) is 34.8 Å². The lowest BCUT2D eigenvalue weighted by atomic mass is 10.2. The number of nitrogens with one attached hydrogen (secondary N) is 1. The fourth-order valence-corrected chi connectivity index (χ4v) is 3.30. The molecule has 2 amide bonds. The van der Waals surface area contributed by atoms with Gasteiger partial charge >= 0.3 is 0 Å². The molecule has 0 bridgehead atoms. The third-order valence-corrected chi connectivity index (χ3v) is 4.82. The molecule has 28 heavy (non-hydrogen) atoms. The van der Waals surface area contributed by atoms with Crippen LogP contribution >= 0.6 is 0 Å². The Hall–Kier alpha value is -3.41. The lowest BCUT2D eigenvalue weighted by Crippen LogP contribution is -2.27. The highest BCUT2D eigenvalue weighted by atomic mass is 16.4. The van der Waals surface area contributed by atoms with Crippen LogP contribution in [0.3, 0.4) is 0 Å². The number of rotatable bonds is 4. The molecule has 0 unspecified atom stereocenters. The largest absolute Gasteiger partial charge is 0.441 e. The summed E-state index contributed by atoms with van der Waals surface area (Å²) in [4.78, 5) is 31.2. The molecular formula is C22H21N3O3. The summed E-state index contributed by atoms with van der Waals surface area (Å²) in [5.74, 6) is 0.560. The van der Waals surface area contributed by atoms with Crippen molar-refractivity contribution in [2.45, 2.75) is 19.8 Å². The van der Waals surface area contributed by atoms with Crippen LogP contribution in [0.15, 0.2) is 59.0 Å². The van der Waals surface area contributed by atoms with E-state index in [1.54, 1.807) is 31.2 Å². The van der Waals surface area contributed by atoms with Crippen LogP contribution in [0.25, 0.3) is 11.5 Å². The number of likely N-dealkylation sites (tertiary alicyclic amines) is 1. The molecule has 0 saturated carbocycles. The first kappa shape index (κ1) is 18.0. The first-order chi connectivity index (χ1) is 13.6. The van der Waals surface area contributed by atoms with Gasteiger partial charge in [0.25, 0.3) is 11.8 Å². The van der Waals surface area contributed by atoms with Gasteiger partial charge in [-0.2, -0.15) is 0 Å². The molecule has 1 aliphatic rings. The number of hydrogen-bond acceptors (Lipinski definition) is 4. The summed E-state index contributed by atoms with van der Waals surface area (Å²) in [6, 6.07) is 16.4. The molecule has 1 fully saturated rings. The number of amides is 2. The molecule has 2 heterocycles. The fraction of sp³-hybridized carbons (Fsp3) is 0.227. The maximum Gasteiger partial charge on any atom is 0.277 e. The quantitative estimate of drug-likeness (QED) is 0.744. The van der Waals surface area contributed by atoms with Crippen molar-refractivity contribution >= 4 is 17.5 Å². The number of oxazole rings is 1. The number of hydrogen-bond donors (Lipinski definition) is 1. The summed E-state index contributed by atoms with van der Waals surface area (Å²) in [7, 11) is 0. The van der Waals surface area contributed by atoms with Crippen LogP contribution in [0.2, 0.25) is 0 Å². The smallest absolute Gasteiger partial charge is 0.277 e. The normalized spacial score (nSPS) is 13.5. The maximum absolute atomic E-state index is 12.6. The van der Waals surface area contributed by atoms with E-state index in [1.165, 1.54) is 0 Å². The van der Waals surface area contributed by atoms with E-state index in [0.29, 0.717) is 22.9 Å². The van der Waals surface area contributed by atoms with Crippen molar-refractivity contribution in [3.63, 3.8) is 0 Å². The molecular weight excluding hydrogens is 354 g/mol. The van der Waals surface area contributed by atoms with Gasteiger partial charge < -0.3 is 14.6 Å². The van der Waals surface area contributed by atoms with Crippen molar-refractivity contribution < 1.29 is 14.0 Å². The second-order valence-electron chi connectivity index (χ2n) is 6.82. The zero-order chi connectivity index (χ0) is 19.5. The molecule has 142 valence electrons. The van der Waals surface area contributed by atoms with E-state index in [2.05, 4.69) is 10.3 Å². The van der Waals surface area contributed by atoms with E-state index in [-0.39, 0.29) is 17.5 Å². The fourth-order valence-electron chi connectivity index (χ4n) is 3.30. The van der Waals surface area contributed by atoms with E-state index >= 15 is 0 Å². The Morgan fingerprint density at radius 3 is 2.36 bits per heavy atom. The number of nitrogens with zero attached hydrogens (tertiary/aromatic N) is 2.